The maximum absolute atomic E-state index is 12.6. The Labute approximate surface area is 146 Å². The van der Waals surface area contributed by atoms with E-state index in [0.29, 0.717) is 6.42 Å². The molecule has 2 aromatic carbocycles. The summed E-state index contributed by atoms with van der Waals surface area (Å²) in [6.45, 7) is 0. The van der Waals surface area contributed by atoms with Gasteiger partial charge in [0, 0.05) is 38.4 Å². The Balaban J connectivity index is 1.95. The summed E-state index contributed by atoms with van der Waals surface area (Å²) in [5.41, 5.74) is 2.67. The van der Waals surface area contributed by atoms with Crippen molar-refractivity contribution in [3.8, 4) is 0 Å². The zero-order chi connectivity index (χ0) is 18.0. The molecule has 2 atom stereocenters. The van der Waals surface area contributed by atoms with E-state index in [9.17, 15) is 14.9 Å². The summed E-state index contributed by atoms with van der Waals surface area (Å²) in [7, 11) is 3.49. The molecule has 1 aliphatic rings. The molecule has 0 spiro atoms. The van der Waals surface area contributed by atoms with Crippen LogP contribution in [0.4, 0.5) is 5.69 Å². The van der Waals surface area contributed by atoms with Crippen LogP contribution >= 0.6 is 0 Å². The highest BCUT2D eigenvalue weighted by Gasteiger charge is 2.37. The molecule has 0 N–H and O–H groups in total. The van der Waals surface area contributed by atoms with Crippen LogP contribution in [0.15, 0.2) is 59.6 Å². The van der Waals surface area contributed by atoms with Crippen LogP contribution in [-0.4, -0.2) is 35.5 Å². The topological polar surface area (TPSA) is 75.8 Å². The normalized spacial score (nSPS) is 19.4. The number of benzene rings is 2. The van der Waals surface area contributed by atoms with Crippen LogP contribution in [0.1, 0.15) is 23.6 Å². The first kappa shape index (κ1) is 16.8. The van der Waals surface area contributed by atoms with E-state index in [0.717, 1.165) is 16.8 Å². The van der Waals surface area contributed by atoms with Gasteiger partial charge in [0.25, 0.3) is 5.69 Å². The maximum Gasteiger partial charge on any atom is 0.269 e. The first-order valence-corrected chi connectivity index (χ1v) is 8.05. The number of amides is 1. The van der Waals surface area contributed by atoms with Crippen molar-refractivity contribution in [2.45, 2.75) is 12.5 Å². The van der Waals surface area contributed by atoms with E-state index in [1.54, 1.807) is 31.1 Å². The first-order chi connectivity index (χ1) is 12.0. The molecule has 1 heterocycles. The largest absolute Gasteiger partial charge is 0.348 e. The van der Waals surface area contributed by atoms with Crippen molar-refractivity contribution >= 4 is 17.3 Å². The lowest BCUT2D eigenvalue weighted by atomic mass is 9.90. The van der Waals surface area contributed by atoms with Crippen LogP contribution in [0, 0.1) is 16.0 Å². The molecule has 1 amide bonds. The second-order valence-corrected chi connectivity index (χ2v) is 6.28. The van der Waals surface area contributed by atoms with Crippen LogP contribution in [0.3, 0.4) is 0 Å². The fourth-order valence-electron chi connectivity index (χ4n) is 3.11. The summed E-state index contributed by atoms with van der Waals surface area (Å²) in [6.07, 6.45) is 0.522. The number of carbonyl (C=O) groups is 1. The average Bonchev–Trinajstić information content (AvgIpc) is 3.07. The van der Waals surface area contributed by atoms with Gasteiger partial charge in [-0.15, -0.1) is 0 Å². The van der Waals surface area contributed by atoms with Crippen LogP contribution < -0.4 is 0 Å². The van der Waals surface area contributed by atoms with Gasteiger partial charge in [-0.2, -0.15) is 0 Å². The lowest BCUT2D eigenvalue weighted by Gasteiger charge is -2.21. The van der Waals surface area contributed by atoms with Crippen LogP contribution in [0.5, 0.6) is 0 Å². The summed E-state index contributed by atoms with van der Waals surface area (Å²) in [4.78, 5) is 29.4. The molecule has 6 heteroatoms. The van der Waals surface area contributed by atoms with Gasteiger partial charge in [0.05, 0.1) is 16.9 Å². The second-order valence-electron chi connectivity index (χ2n) is 6.28. The number of rotatable bonds is 4. The molecule has 0 fully saturated rings. The van der Waals surface area contributed by atoms with E-state index in [4.69, 9.17) is 4.99 Å². The molecule has 0 radical (unpaired) electrons. The summed E-state index contributed by atoms with van der Waals surface area (Å²) in [5, 5.41) is 10.8. The molecule has 0 saturated heterocycles. The molecule has 0 unspecified atom stereocenters. The van der Waals surface area contributed by atoms with Gasteiger partial charge in [0.2, 0.25) is 5.91 Å². The van der Waals surface area contributed by atoms with Gasteiger partial charge in [-0.05, 0) is 23.3 Å². The van der Waals surface area contributed by atoms with Gasteiger partial charge in [0.15, 0.2) is 0 Å². The lowest BCUT2D eigenvalue weighted by Crippen LogP contribution is -2.31. The molecule has 3 rings (SSSR count). The summed E-state index contributed by atoms with van der Waals surface area (Å²) >= 11 is 0. The monoisotopic (exact) mass is 337 g/mol. The predicted octanol–water partition coefficient (Wildman–Crippen LogP) is 3.23. The third-order valence-corrected chi connectivity index (χ3v) is 4.40. The molecule has 0 aliphatic carbocycles. The first-order valence-electron chi connectivity index (χ1n) is 8.05. The Hall–Kier alpha value is -3.02. The van der Waals surface area contributed by atoms with Gasteiger partial charge in [-0.3, -0.25) is 19.9 Å². The van der Waals surface area contributed by atoms with Gasteiger partial charge in [0.1, 0.15) is 0 Å². The number of nitro benzene ring substituents is 1. The zero-order valence-corrected chi connectivity index (χ0v) is 14.1. The Morgan fingerprint density at radius 1 is 1.12 bits per heavy atom. The Kier molecular flexibility index (Phi) is 4.61. The van der Waals surface area contributed by atoms with E-state index in [2.05, 4.69) is 0 Å². The van der Waals surface area contributed by atoms with Crippen molar-refractivity contribution in [3.63, 3.8) is 0 Å². The standard InChI is InChI=1S/C19H19N3O3/c1-21(2)19(23)16-12-17(13-8-10-15(11-9-13)22(24)25)20-18(16)14-6-4-3-5-7-14/h3-11,16,18H,12H2,1-2H3/t16-,18-/m0/s1. The van der Waals surface area contributed by atoms with Crippen molar-refractivity contribution in [2.75, 3.05) is 14.1 Å². The van der Waals surface area contributed by atoms with E-state index >= 15 is 0 Å². The third kappa shape index (κ3) is 3.42. The zero-order valence-electron chi connectivity index (χ0n) is 14.1. The number of hydrogen-bond donors (Lipinski definition) is 0. The summed E-state index contributed by atoms with van der Waals surface area (Å²) in [5.74, 6) is -0.225. The molecular formula is C19H19N3O3. The quantitative estimate of drug-likeness (QED) is 0.635. The second kappa shape index (κ2) is 6.84. The summed E-state index contributed by atoms with van der Waals surface area (Å²) < 4.78 is 0. The highest BCUT2D eigenvalue weighted by molar-refractivity contribution is 6.04. The lowest BCUT2D eigenvalue weighted by molar-refractivity contribution is -0.384. The highest BCUT2D eigenvalue weighted by atomic mass is 16.6. The van der Waals surface area contributed by atoms with Crippen LogP contribution in [0.25, 0.3) is 0 Å². The summed E-state index contributed by atoms with van der Waals surface area (Å²) in [6, 6.07) is 15.9. The maximum atomic E-state index is 12.6. The van der Waals surface area contributed by atoms with Crippen LogP contribution in [0.2, 0.25) is 0 Å². The number of hydrogen-bond acceptors (Lipinski definition) is 4. The smallest absolute Gasteiger partial charge is 0.269 e. The number of carbonyl (C=O) groups excluding carboxylic acids is 1. The molecule has 2 aromatic rings. The Morgan fingerprint density at radius 2 is 1.76 bits per heavy atom. The molecule has 25 heavy (non-hydrogen) atoms. The number of nitro groups is 1. The van der Waals surface area contributed by atoms with E-state index < -0.39 is 4.92 Å². The predicted molar refractivity (Wildman–Crippen MR) is 95.6 cm³/mol. The number of non-ortho nitro benzene ring substituents is 1. The fourth-order valence-corrected chi connectivity index (χ4v) is 3.11. The molecular weight excluding hydrogens is 318 g/mol. The van der Waals surface area contributed by atoms with E-state index in [1.165, 1.54) is 12.1 Å². The Bertz CT molecular complexity index is 814. The Morgan fingerprint density at radius 3 is 2.32 bits per heavy atom. The van der Waals surface area contributed by atoms with Crippen molar-refractivity contribution < 1.29 is 9.72 Å². The van der Waals surface area contributed by atoms with Crippen molar-refractivity contribution in [1.29, 1.82) is 0 Å². The highest BCUT2D eigenvalue weighted by Crippen LogP contribution is 2.37. The van der Waals surface area contributed by atoms with E-state index in [1.807, 2.05) is 30.3 Å². The average molecular weight is 337 g/mol. The van der Waals surface area contributed by atoms with Crippen molar-refractivity contribution in [3.05, 3.63) is 75.8 Å². The molecule has 1 aliphatic heterocycles. The number of nitrogens with zero attached hydrogens (tertiary/aromatic N) is 3. The molecule has 0 aromatic heterocycles. The van der Waals surface area contributed by atoms with Crippen molar-refractivity contribution in [2.24, 2.45) is 10.9 Å². The van der Waals surface area contributed by atoms with Gasteiger partial charge < -0.3 is 4.90 Å². The molecule has 0 saturated carbocycles. The van der Waals surface area contributed by atoms with Gasteiger partial charge in [-0.25, -0.2) is 0 Å². The molecule has 0 bridgehead atoms. The van der Waals surface area contributed by atoms with Crippen molar-refractivity contribution in [1.82, 2.24) is 4.90 Å². The SMILES string of the molecule is CN(C)C(=O)[C@H]1CC(c2ccc([N+](=O)[O-])cc2)=N[C@H]1c1ccccc1. The number of aliphatic imine (C=N–C) groups is 1. The van der Waals surface area contributed by atoms with Gasteiger partial charge in [-0.1, -0.05) is 30.3 Å². The minimum absolute atomic E-state index is 0.0366. The van der Waals surface area contributed by atoms with Crippen LogP contribution in [-0.2, 0) is 4.79 Å². The molecule has 6 nitrogen and oxygen atoms in total. The minimum atomic E-state index is -0.425. The minimum Gasteiger partial charge on any atom is -0.348 e. The van der Waals surface area contributed by atoms with E-state index in [-0.39, 0.29) is 23.6 Å². The molecule has 128 valence electrons. The third-order valence-electron chi connectivity index (χ3n) is 4.40. The fraction of sp³-hybridized carbons (Fsp3) is 0.263. The van der Waals surface area contributed by atoms with Gasteiger partial charge >= 0.3 is 0 Å².